The van der Waals surface area contributed by atoms with Crippen molar-refractivity contribution < 1.29 is 13.9 Å². The van der Waals surface area contributed by atoms with Gasteiger partial charge in [-0.15, -0.1) is 0 Å². The number of amides is 1. The first-order chi connectivity index (χ1) is 18.0. The minimum Gasteiger partial charge on any atom is -0.494 e. The van der Waals surface area contributed by atoms with E-state index in [0.717, 1.165) is 17.1 Å². The molecule has 5 rings (SSSR count). The van der Waals surface area contributed by atoms with Crippen LogP contribution in [0.2, 0.25) is 0 Å². The topological polar surface area (TPSA) is 71.4 Å². The molecule has 2 aromatic heterocycles. The quantitative estimate of drug-likeness (QED) is 0.315. The van der Waals surface area contributed by atoms with Gasteiger partial charge >= 0.3 is 0 Å². The SMILES string of the molecule is CCC(=O)Nc1ccc(N2C(=S)N[C@@H](c3ccccn3)[C@H]2c2cccn2-c2ccccc2F)cc1OC. The van der Waals surface area contributed by atoms with Crippen molar-refractivity contribution in [2.24, 2.45) is 0 Å². The number of ether oxygens (including phenoxy) is 1. The number of methoxy groups -OCH3 is 1. The summed E-state index contributed by atoms with van der Waals surface area (Å²) in [4.78, 5) is 18.6. The van der Waals surface area contributed by atoms with E-state index < -0.39 is 0 Å². The number of rotatable bonds is 7. The first kappa shape index (κ1) is 24.5. The zero-order chi connectivity index (χ0) is 25.9. The minimum absolute atomic E-state index is 0.111. The summed E-state index contributed by atoms with van der Waals surface area (Å²) in [5.74, 6) is 0.0685. The van der Waals surface area contributed by atoms with Gasteiger partial charge in [-0.3, -0.25) is 9.78 Å². The number of carbonyl (C=O) groups excluding carboxylic acids is 1. The zero-order valence-corrected chi connectivity index (χ0v) is 21.2. The van der Waals surface area contributed by atoms with Gasteiger partial charge in [0.2, 0.25) is 5.91 Å². The van der Waals surface area contributed by atoms with E-state index in [1.54, 1.807) is 38.4 Å². The molecular weight excluding hydrogens is 489 g/mol. The number of aromatic nitrogens is 2. The molecule has 188 valence electrons. The van der Waals surface area contributed by atoms with Gasteiger partial charge in [0.25, 0.3) is 0 Å². The van der Waals surface area contributed by atoms with E-state index in [0.29, 0.717) is 28.7 Å². The van der Waals surface area contributed by atoms with E-state index in [4.69, 9.17) is 17.0 Å². The number of carbonyl (C=O) groups is 1. The van der Waals surface area contributed by atoms with E-state index in [1.165, 1.54) is 6.07 Å². The Morgan fingerprint density at radius 3 is 2.68 bits per heavy atom. The number of benzene rings is 2. The normalized spacial score (nSPS) is 16.9. The number of hydrogen-bond donors (Lipinski definition) is 2. The molecule has 1 aliphatic rings. The van der Waals surface area contributed by atoms with E-state index in [9.17, 15) is 9.18 Å². The lowest BCUT2D eigenvalue weighted by Gasteiger charge is -2.29. The highest BCUT2D eigenvalue weighted by Gasteiger charge is 2.42. The Morgan fingerprint density at radius 2 is 1.95 bits per heavy atom. The van der Waals surface area contributed by atoms with Gasteiger partial charge in [0.1, 0.15) is 17.6 Å². The van der Waals surface area contributed by atoms with Crippen LogP contribution in [-0.4, -0.2) is 27.7 Å². The number of halogens is 1. The van der Waals surface area contributed by atoms with Crippen LogP contribution in [-0.2, 0) is 4.79 Å². The van der Waals surface area contributed by atoms with Gasteiger partial charge in [0.05, 0.1) is 30.2 Å². The van der Waals surface area contributed by atoms with Crippen LogP contribution >= 0.6 is 12.2 Å². The molecule has 7 nitrogen and oxygen atoms in total. The van der Waals surface area contributed by atoms with Crippen LogP contribution in [0, 0.1) is 5.82 Å². The molecule has 2 aromatic carbocycles. The van der Waals surface area contributed by atoms with Gasteiger partial charge in [-0.05, 0) is 60.7 Å². The average Bonchev–Trinajstić information content (AvgIpc) is 3.53. The van der Waals surface area contributed by atoms with Crippen molar-refractivity contribution in [3.63, 3.8) is 0 Å². The molecule has 37 heavy (non-hydrogen) atoms. The summed E-state index contributed by atoms with van der Waals surface area (Å²) in [7, 11) is 1.55. The number of anilines is 2. The highest BCUT2D eigenvalue weighted by Crippen LogP contribution is 2.44. The lowest BCUT2D eigenvalue weighted by Crippen LogP contribution is -2.30. The van der Waals surface area contributed by atoms with E-state index in [1.807, 2.05) is 64.2 Å². The maximum atomic E-state index is 14.9. The van der Waals surface area contributed by atoms with Crippen LogP contribution in [0.25, 0.3) is 5.69 Å². The van der Waals surface area contributed by atoms with Crippen LogP contribution in [0.3, 0.4) is 0 Å². The standard InChI is InChI=1S/C28H26FN5O2S/c1-3-25(35)31-20-14-13-18(17-24(20)36-2)34-27(26(32-28(34)37)21-10-6-7-15-30-21)23-12-8-16-33(23)22-11-5-4-9-19(22)29/h4-17,26-27H,3H2,1-2H3,(H,31,35)(H,32,37)/t26-,27+/m0/s1. The second-order valence-corrected chi connectivity index (χ2v) is 8.92. The number of para-hydroxylation sites is 1. The summed E-state index contributed by atoms with van der Waals surface area (Å²) in [6.07, 6.45) is 3.93. The zero-order valence-electron chi connectivity index (χ0n) is 20.4. The number of nitrogens with one attached hydrogen (secondary N) is 2. The largest absolute Gasteiger partial charge is 0.494 e. The van der Waals surface area contributed by atoms with Crippen molar-refractivity contribution in [2.75, 3.05) is 17.3 Å². The van der Waals surface area contributed by atoms with Gasteiger partial charge in [0.15, 0.2) is 5.11 Å². The Bertz CT molecular complexity index is 1440. The molecule has 0 bridgehead atoms. The predicted molar refractivity (Wildman–Crippen MR) is 146 cm³/mol. The summed E-state index contributed by atoms with van der Waals surface area (Å²) < 4.78 is 22.3. The Labute approximate surface area is 219 Å². The lowest BCUT2D eigenvalue weighted by atomic mass is 10.0. The van der Waals surface area contributed by atoms with E-state index in [2.05, 4.69) is 15.6 Å². The van der Waals surface area contributed by atoms with Crippen LogP contribution in [0.15, 0.2) is 85.2 Å². The number of nitrogens with zero attached hydrogens (tertiary/aromatic N) is 3. The third-order valence-corrected chi connectivity index (χ3v) is 6.67. The fourth-order valence-electron chi connectivity index (χ4n) is 4.61. The molecule has 9 heteroatoms. The molecule has 1 saturated heterocycles. The molecular formula is C28H26FN5O2S. The summed E-state index contributed by atoms with van der Waals surface area (Å²) in [6.45, 7) is 1.79. The van der Waals surface area contributed by atoms with Gasteiger partial charge < -0.3 is 24.8 Å². The Hall–Kier alpha value is -4.24. The third kappa shape index (κ3) is 4.65. The fraction of sp³-hybridized carbons (Fsp3) is 0.179. The maximum Gasteiger partial charge on any atom is 0.224 e. The van der Waals surface area contributed by atoms with Gasteiger partial charge in [0, 0.05) is 36.3 Å². The highest BCUT2D eigenvalue weighted by molar-refractivity contribution is 7.80. The fourth-order valence-corrected chi connectivity index (χ4v) is 4.95. The Kier molecular flexibility index (Phi) is 6.87. The molecule has 0 aliphatic carbocycles. The first-order valence-corrected chi connectivity index (χ1v) is 12.3. The Morgan fingerprint density at radius 1 is 1.14 bits per heavy atom. The molecule has 4 aromatic rings. The molecule has 3 heterocycles. The first-order valence-electron chi connectivity index (χ1n) is 11.9. The van der Waals surface area contributed by atoms with Crippen LogP contribution in [0.5, 0.6) is 5.75 Å². The molecule has 0 radical (unpaired) electrons. The summed E-state index contributed by atoms with van der Waals surface area (Å²) in [6, 6.07) is 21.1. The molecule has 0 unspecified atom stereocenters. The second-order valence-electron chi connectivity index (χ2n) is 8.54. The molecule has 2 N–H and O–H groups in total. The predicted octanol–water partition coefficient (Wildman–Crippen LogP) is 5.55. The Balaban J connectivity index is 1.64. The summed E-state index contributed by atoms with van der Waals surface area (Å²) in [5, 5.41) is 6.78. The van der Waals surface area contributed by atoms with Gasteiger partial charge in [-0.25, -0.2) is 4.39 Å². The van der Waals surface area contributed by atoms with Gasteiger partial charge in [-0.2, -0.15) is 0 Å². The average molecular weight is 516 g/mol. The van der Waals surface area contributed by atoms with E-state index in [-0.39, 0.29) is 23.8 Å². The third-order valence-electron chi connectivity index (χ3n) is 6.35. The molecule has 2 atom stereocenters. The van der Waals surface area contributed by atoms with Crippen molar-refractivity contribution in [2.45, 2.75) is 25.4 Å². The lowest BCUT2D eigenvalue weighted by molar-refractivity contribution is -0.115. The maximum absolute atomic E-state index is 14.9. The molecule has 1 aliphatic heterocycles. The van der Waals surface area contributed by atoms with Crippen LogP contribution in [0.4, 0.5) is 15.8 Å². The van der Waals surface area contributed by atoms with Crippen molar-refractivity contribution in [3.05, 3.63) is 102 Å². The number of hydrogen-bond acceptors (Lipinski definition) is 4. The summed E-state index contributed by atoms with van der Waals surface area (Å²) in [5.41, 5.74) is 3.40. The smallest absolute Gasteiger partial charge is 0.224 e. The van der Waals surface area contributed by atoms with Crippen molar-refractivity contribution in [1.82, 2.24) is 14.9 Å². The minimum atomic E-state index is -0.363. The van der Waals surface area contributed by atoms with E-state index >= 15 is 0 Å². The number of pyridine rings is 1. The number of thiocarbonyl (C=S) groups is 1. The molecule has 1 amide bonds. The molecule has 1 fully saturated rings. The molecule has 0 spiro atoms. The van der Waals surface area contributed by atoms with Crippen molar-refractivity contribution >= 4 is 34.6 Å². The van der Waals surface area contributed by atoms with Crippen molar-refractivity contribution in [3.8, 4) is 11.4 Å². The van der Waals surface area contributed by atoms with Crippen molar-refractivity contribution in [1.29, 1.82) is 0 Å². The van der Waals surface area contributed by atoms with Gasteiger partial charge in [-0.1, -0.05) is 25.1 Å². The molecule has 0 saturated carbocycles. The van der Waals surface area contributed by atoms with Crippen LogP contribution in [0.1, 0.15) is 36.8 Å². The monoisotopic (exact) mass is 515 g/mol. The second kappa shape index (κ2) is 10.4. The van der Waals surface area contributed by atoms with Crippen LogP contribution < -0.4 is 20.3 Å². The summed E-state index contributed by atoms with van der Waals surface area (Å²) >= 11 is 5.83. The highest BCUT2D eigenvalue weighted by atomic mass is 32.1.